The van der Waals surface area contributed by atoms with E-state index < -0.39 is 9.84 Å². The molecule has 0 aromatic heterocycles. The molecular weight excluding hydrogens is 883 g/mol. The lowest BCUT2D eigenvalue weighted by molar-refractivity contribution is -0.845. The Morgan fingerprint density at radius 2 is 0.818 bits per heavy atom. The molecule has 66 heavy (non-hydrogen) atoms. The molecule has 0 amide bonds. The summed E-state index contributed by atoms with van der Waals surface area (Å²) in [5.74, 6) is 9.97. The van der Waals surface area contributed by atoms with Crippen molar-refractivity contribution in [1.82, 2.24) is 0 Å². The van der Waals surface area contributed by atoms with Gasteiger partial charge in [-0.3, -0.25) is 0 Å². The molecular formula is C48H89N7O9S2. The highest BCUT2D eigenvalue weighted by molar-refractivity contribution is 7.99. The molecule has 1 aliphatic carbocycles. The number of quaternary nitrogens is 7. The van der Waals surface area contributed by atoms with Crippen LogP contribution in [-0.4, -0.2) is 192 Å². The lowest BCUT2D eigenvalue weighted by Gasteiger charge is -2.21. The van der Waals surface area contributed by atoms with Crippen molar-refractivity contribution in [3.05, 3.63) is 49.3 Å². The van der Waals surface area contributed by atoms with E-state index >= 15 is 0 Å². The van der Waals surface area contributed by atoms with Crippen LogP contribution in [0.4, 0.5) is 0 Å². The van der Waals surface area contributed by atoms with Crippen molar-refractivity contribution in [2.24, 2.45) is 47.3 Å². The van der Waals surface area contributed by atoms with Gasteiger partial charge in [-0.05, 0) is 27.2 Å². The zero-order valence-electron chi connectivity index (χ0n) is 40.7. The smallest absolute Gasteiger partial charge is 0.164 e. The number of likely N-dealkylation sites (tertiary alicyclic amines) is 7. The number of sulfone groups is 1. The summed E-state index contributed by atoms with van der Waals surface area (Å²) in [4.78, 5) is 9.48. The highest BCUT2D eigenvalue weighted by atomic mass is 32.2. The maximum atomic E-state index is 11.1. The van der Waals surface area contributed by atoms with Gasteiger partial charge in [-0.25, -0.2) is 8.42 Å². The first-order chi connectivity index (χ1) is 31.3. The van der Waals surface area contributed by atoms with Crippen LogP contribution in [0.2, 0.25) is 0 Å². The molecule has 13 heterocycles. The van der Waals surface area contributed by atoms with E-state index in [-0.39, 0.29) is 24.3 Å². The van der Waals surface area contributed by atoms with Crippen molar-refractivity contribution in [2.45, 2.75) is 75.9 Å². The largest absolute Gasteiger partial charge is 0.467 e. The molecule has 0 aromatic carbocycles. The number of ether oxygens (including phenoxy) is 7. The molecule has 16 nitrogen and oxygen atoms in total. The van der Waals surface area contributed by atoms with Gasteiger partial charge in [-0.2, -0.15) is 61.1 Å². The minimum absolute atomic E-state index is 0.00287. The molecule has 13 saturated heterocycles. The second-order valence-corrected chi connectivity index (χ2v) is 26.0. The summed E-state index contributed by atoms with van der Waals surface area (Å²) in [5.41, 5.74) is 0. The molecule has 14 rings (SSSR count). The van der Waals surface area contributed by atoms with E-state index in [4.69, 9.17) is 33.2 Å². The Labute approximate surface area is 403 Å². The molecule has 0 radical (unpaired) electrons. The number of piperidine rings is 1. The number of fused-ring (bicyclic) bond motifs is 7. The summed E-state index contributed by atoms with van der Waals surface area (Å²) in [6, 6.07) is 0. The van der Waals surface area contributed by atoms with Gasteiger partial charge in [0.15, 0.2) is 21.9 Å². The maximum Gasteiger partial charge on any atom is 0.164 e. The second-order valence-electron chi connectivity index (χ2n) is 22.7. The van der Waals surface area contributed by atoms with Crippen LogP contribution in [0.3, 0.4) is 0 Å². The standard InChI is InChI=1S/C8H15NO2.C7H13NO2S.C7H13NO2.C7H13NO.C7H13NS.C6H11NO2.C6H11N/c1-8(2)10-6-4-9(3)5-7(6)11-8;1-8-2-6-4-11(9,10)5-7(6)3-8;1-5-9-6-3-8(2)4-7(6)10-5;2*1-8-2-6-4-9-5-7(6)3-8;1-7-2-5-6(3-7)9-4-8-5;1-7-3-5-2-6(5)4-7/h6-7,9H,3-5H2,1-2H3;6-8H,1-5H2;5-8H,2-4H2,1H3;2*6-8H,1-5H2;5-7H,1-4H2;5-7H,1-4H2/t2*6-,7+;5?,6-,7+;2*6-,7+;2*5-,6+. The third kappa shape index (κ3) is 14.5. The fourth-order valence-corrected chi connectivity index (χ4v) is 16.6. The molecule has 14 fully saturated rings. The van der Waals surface area contributed by atoms with E-state index in [0.29, 0.717) is 54.6 Å². The molecule has 0 bridgehead atoms. The van der Waals surface area contributed by atoms with Gasteiger partial charge in [-0.15, -0.1) is 0 Å². The summed E-state index contributed by atoms with van der Waals surface area (Å²) in [6.07, 6.45) is 3.34. The molecule has 18 heteroatoms. The molecule has 0 aromatic rings. The average molecular weight is 972 g/mol. The monoisotopic (exact) mass is 972 g/mol. The van der Waals surface area contributed by atoms with Crippen molar-refractivity contribution in [1.29, 1.82) is 0 Å². The third-order valence-corrected chi connectivity index (χ3v) is 19.3. The highest BCUT2D eigenvalue weighted by Gasteiger charge is 2.48. The molecule has 14 aliphatic rings. The van der Waals surface area contributed by atoms with Crippen LogP contribution in [0, 0.1) is 96.7 Å². The molecule has 22 atom stereocenters. The van der Waals surface area contributed by atoms with E-state index in [1.54, 1.807) is 0 Å². The van der Waals surface area contributed by atoms with E-state index in [1.807, 2.05) is 20.8 Å². The molecule has 7 N–H and O–H groups in total. The van der Waals surface area contributed by atoms with Gasteiger partial charge in [-0.1, -0.05) is 0 Å². The Hall–Kier alpha value is -0.260. The van der Waals surface area contributed by atoms with E-state index in [9.17, 15) is 8.42 Å². The maximum absolute atomic E-state index is 11.1. The lowest BCUT2D eigenvalue weighted by Crippen LogP contribution is -3.05. The van der Waals surface area contributed by atoms with E-state index in [0.717, 1.165) is 101 Å². The number of hydrogen-bond acceptors (Lipinski definition) is 10. The minimum atomic E-state index is -2.67. The van der Waals surface area contributed by atoms with E-state index in [1.165, 1.54) is 91.5 Å². The Morgan fingerprint density at radius 3 is 1.24 bits per heavy atom. The van der Waals surface area contributed by atoms with Crippen LogP contribution in [0.5, 0.6) is 0 Å². The number of rotatable bonds is 0. The summed E-state index contributed by atoms with van der Waals surface area (Å²) < 4.78 is 60.4. The molecule has 1 saturated carbocycles. The molecule has 8 unspecified atom stereocenters. The van der Waals surface area contributed by atoms with Crippen LogP contribution in [0.1, 0.15) is 27.2 Å². The van der Waals surface area contributed by atoms with Gasteiger partial charge in [0.05, 0.1) is 116 Å². The molecule has 0 spiro atoms. The van der Waals surface area contributed by atoms with Gasteiger partial charge >= 0.3 is 0 Å². The van der Waals surface area contributed by atoms with Gasteiger partial charge in [0.2, 0.25) is 0 Å². The second kappa shape index (κ2) is 22.7. The normalized spacial score (nSPS) is 50.3. The van der Waals surface area contributed by atoms with Crippen molar-refractivity contribution in [3.8, 4) is 0 Å². The first-order valence-corrected chi connectivity index (χ1v) is 28.2. The molecule has 13 aliphatic heterocycles. The Kier molecular flexibility index (Phi) is 17.9. The summed E-state index contributed by atoms with van der Waals surface area (Å²) in [7, 11) is 24.9. The Balaban J connectivity index is 0.000000105. The fraction of sp³-hybridized carbons (Fsp3) is 0.854. The number of nitrogens with one attached hydrogen (secondary N) is 7. The average Bonchev–Trinajstić information content (AvgIpc) is 4.04. The topological polar surface area (TPSA) is 130 Å². The quantitative estimate of drug-likeness (QED) is 0.118. The highest BCUT2D eigenvalue weighted by Crippen LogP contribution is 2.38. The summed E-state index contributed by atoms with van der Waals surface area (Å²) in [5, 5.41) is 0. The Bertz CT molecular complexity index is 1480. The van der Waals surface area contributed by atoms with Crippen molar-refractivity contribution in [2.75, 3.05) is 135 Å². The first kappa shape index (κ1) is 52.1. The minimum Gasteiger partial charge on any atom is -0.467 e. The SMILES string of the molecule is [CH2-][NH+]1C[C@@H]2CS(=O)(=O)C[C@@H]2C1.[CH2-][NH+]1C[C@@H]2OC(C)(C)O[C@@H]2C1.[CH2-][NH+]1C[C@@H]2OC(C)O[C@@H]2C1.[CH2-][NH+]1C[C@@H]2OCO[C@@H]2C1.[CH2-][NH+]1C[C@H]2COC[C@H]2C1.[CH2-][NH+]1C[C@H]2CSC[C@H]2C1.[CH2-][NH+]1C[C@H]2C[C@H]2C1. The van der Waals surface area contributed by atoms with Crippen LogP contribution in [-0.2, 0) is 43.0 Å². The predicted molar refractivity (Wildman–Crippen MR) is 249 cm³/mol. The lowest BCUT2D eigenvalue weighted by atomic mass is 10.0. The van der Waals surface area contributed by atoms with Crippen molar-refractivity contribution < 1.29 is 75.9 Å². The zero-order valence-corrected chi connectivity index (χ0v) is 42.3. The van der Waals surface area contributed by atoms with E-state index in [2.05, 4.69) is 61.1 Å². The summed E-state index contributed by atoms with van der Waals surface area (Å²) >= 11 is 2.13. The van der Waals surface area contributed by atoms with Gasteiger partial charge < -0.3 is 67.5 Å². The Morgan fingerprint density at radius 1 is 0.470 bits per heavy atom. The van der Waals surface area contributed by atoms with Crippen molar-refractivity contribution >= 4 is 21.6 Å². The van der Waals surface area contributed by atoms with Crippen LogP contribution >= 0.6 is 11.8 Å². The van der Waals surface area contributed by atoms with Gasteiger partial charge in [0.1, 0.15) is 43.4 Å². The number of thioether (sulfide) groups is 1. The van der Waals surface area contributed by atoms with Gasteiger partial charge in [0, 0.05) is 58.8 Å². The third-order valence-electron chi connectivity index (χ3n) is 16.1. The number of hydrogen-bond donors (Lipinski definition) is 7. The van der Waals surface area contributed by atoms with Crippen LogP contribution in [0.15, 0.2) is 0 Å². The summed E-state index contributed by atoms with van der Waals surface area (Å²) in [6.45, 7) is 24.0. The van der Waals surface area contributed by atoms with Crippen LogP contribution < -0.4 is 34.3 Å². The zero-order chi connectivity index (χ0) is 46.9. The molecule has 382 valence electrons. The van der Waals surface area contributed by atoms with Crippen molar-refractivity contribution in [3.63, 3.8) is 0 Å². The van der Waals surface area contributed by atoms with Gasteiger partial charge in [0.25, 0.3) is 0 Å². The fourth-order valence-electron chi connectivity index (χ4n) is 12.8. The van der Waals surface area contributed by atoms with Crippen LogP contribution in [0.25, 0.3) is 0 Å². The first-order valence-electron chi connectivity index (χ1n) is 25.3. The predicted octanol–water partition coefficient (Wildman–Crippen LogP) is -7.33.